The van der Waals surface area contributed by atoms with Crippen LogP contribution in [0.2, 0.25) is 0 Å². The number of hydrogen-bond donors (Lipinski definition) is 2. The fourth-order valence-electron chi connectivity index (χ4n) is 4.01. The van der Waals surface area contributed by atoms with E-state index in [0.29, 0.717) is 22.5 Å². The number of nitrogens with zero attached hydrogens (tertiary/aromatic N) is 1. The molecule has 0 spiro atoms. The van der Waals surface area contributed by atoms with Gasteiger partial charge in [-0.15, -0.1) is 0 Å². The van der Waals surface area contributed by atoms with Crippen LogP contribution in [0.25, 0.3) is 0 Å². The number of sulfonamides is 1. The Balaban J connectivity index is 1.49. The van der Waals surface area contributed by atoms with Crippen molar-refractivity contribution in [3.63, 3.8) is 0 Å². The average Bonchev–Trinajstić information content (AvgIpc) is 2.92. The van der Waals surface area contributed by atoms with E-state index in [-0.39, 0.29) is 18.5 Å². The summed E-state index contributed by atoms with van der Waals surface area (Å²) in [5.41, 5.74) is 3.30. The first-order valence-electron chi connectivity index (χ1n) is 12.1. The zero-order valence-electron chi connectivity index (χ0n) is 21.2. The number of nitrogens with one attached hydrogen (secondary N) is 2. The highest BCUT2D eigenvalue weighted by molar-refractivity contribution is 7.92. The van der Waals surface area contributed by atoms with Crippen LogP contribution < -0.4 is 14.9 Å². The van der Waals surface area contributed by atoms with Gasteiger partial charge >= 0.3 is 0 Å². The quantitative estimate of drug-likeness (QED) is 0.305. The predicted molar refractivity (Wildman–Crippen MR) is 151 cm³/mol. The van der Waals surface area contributed by atoms with Crippen LogP contribution in [0.4, 0.5) is 11.4 Å². The van der Waals surface area contributed by atoms with Crippen molar-refractivity contribution >= 4 is 33.2 Å². The summed E-state index contributed by atoms with van der Waals surface area (Å²) in [6.07, 6.45) is 1.15. The molecule has 38 heavy (non-hydrogen) atoms. The van der Waals surface area contributed by atoms with Gasteiger partial charge in [-0.1, -0.05) is 72.8 Å². The van der Waals surface area contributed by atoms with Gasteiger partial charge < -0.3 is 10.6 Å². The summed E-state index contributed by atoms with van der Waals surface area (Å²) < 4.78 is 26.2. The number of benzene rings is 4. The van der Waals surface area contributed by atoms with Crippen molar-refractivity contribution < 1.29 is 18.0 Å². The molecule has 0 unspecified atom stereocenters. The molecule has 0 radical (unpaired) electrons. The first-order valence-corrected chi connectivity index (χ1v) is 13.9. The van der Waals surface area contributed by atoms with Gasteiger partial charge in [0.25, 0.3) is 11.8 Å². The molecule has 4 aromatic rings. The standard InChI is InChI=1S/C30H29N3O4S/c1-22(24-13-7-4-8-14-24)31-30(35)27-15-9-10-16-28(27)32-29(34)25-17-19-26(20-18-25)33(38(2,36)37)21-23-11-5-3-6-12-23/h3-20,22H,21H2,1-2H3,(H,31,35)(H,32,34)/t22-/m1/s1. The summed E-state index contributed by atoms with van der Waals surface area (Å²) in [5.74, 6) is -0.723. The van der Waals surface area contributed by atoms with E-state index in [1.165, 1.54) is 4.31 Å². The fraction of sp³-hybridized carbons (Fsp3) is 0.133. The van der Waals surface area contributed by atoms with Gasteiger partial charge in [0.2, 0.25) is 10.0 Å². The Morgan fingerprint density at radius 2 is 1.34 bits per heavy atom. The number of rotatable bonds is 9. The summed E-state index contributed by atoms with van der Waals surface area (Å²) in [6, 6.07) is 31.8. The molecule has 0 aliphatic carbocycles. The molecule has 1 atom stereocenters. The van der Waals surface area contributed by atoms with Gasteiger partial charge in [0.15, 0.2) is 0 Å². The smallest absolute Gasteiger partial charge is 0.255 e. The molecule has 4 rings (SSSR count). The number of amides is 2. The monoisotopic (exact) mass is 527 g/mol. The second-order valence-corrected chi connectivity index (χ2v) is 10.8. The van der Waals surface area contributed by atoms with Crippen molar-refractivity contribution in [2.24, 2.45) is 0 Å². The van der Waals surface area contributed by atoms with Crippen LogP contribution >= 0.6 is 0 Å². The molecular formula is C30H29N3O4S. The largest absolute Gasteiger partial charge is 0.345 e. The van der Waals surface area contributed by atoms with Crippen LogP contribution in [-0.4, -0.2) is 26.5 Å². The summed E-state index contributed by atoms with van der Waals surface area (Å²) in [5, 5.41) is 5.78. The molecule has 0 fully saturated rings. The average molecular weight is 528 g/mol. The minimum absolute atomic E-state index is 0.176. The molecule has 0 saturated heterocycles. The molecule has 2 N–H and O–H groups in total. The van der Waals surface area contributed by atoms with Crippen molar-refractivity contribution in [3.8, 4) is 0 Å². The van der Waals surface area contributed by atoms with Crippen LogP contribution in [-0.2, 0) is 16.6 Å². The molecule has 7 nitrogen and oxygen atoms in total. The number of anilines is 2. The molecule has 0 aliphatic heterocycles. The molecule has 0 heterocycles. The van der Waals surface area contributed by atoms with Gasteiger partial charge in [0, 0.05) is 5.56 Å². The Hall–Kier alpha value is -4.43. The van der Waals surface area contributed by atoms with E-state index >= 15 is 0 Å². The van der Waals surface area contributed by atoms with E-state index in [2.05, 4.69) is 10.6 Å². The van der Waals surface area contributed by atoms with Gasteiger partial charge in [0.1, 0.15) is 0 Å². The van der Waals surface area contributed by atoms with Crippen molar-refractivity contribution in [1.82, 2.24) is 5.32 Å². The summed E-state index contributed by atoms with van der Waals surface area (Å²) in [6.45, 7) is 2.07. The molecule has 0 aliphatic rings. The minimum atomic E-state index is -3.55. The maximum absolute atomic E-state index is 13.0. The lowest BCUT2D eigenvalue weighted by Gasteiger charge is -2.22. The fourth-order valence-corrected chi connectivity index (χ4v) is 4.90. The van der Waals surface area contributed by atoms with E-state index in [1.54, 1.807) is 48.5 Å². The minimum Gasteiger partial charge on any atom is -0.345 e. The second kappa shape index (κ2) is 11.7. The van der Waals surface area contributed by atoms with Gasteiger partial charge in [-0.3, -0.25) is 13.9 Å². The first-order chi connectivity index (χ1) is 18.2. The third-order valence-electron chi connectivity index (χ3n) is 6.05. The third kappa shape index (κ3) is 6.66. The molecular weight excluding hydrogens is 498 g/mol. The number of hydrogen-bond acceptors (Lipinski definition) is 4. The second-order valence-electron chi connectivity index (χ2n) is 8.91. The van der Waals surface area contributed by atoms with E-state index in [1.807, 2.05) is 67.6 Å². The lowest BCUT2D eigenvalue weighted by molar-refractivity contribution is 0.0940. The summed E-state index contributed by atoms with van der Waals surface area (Å²) >= 11 is 0. The Morgan fingerprint density at radius 1 is 0.763 bits per heavy atom. The van der Waals surface area contributed by atoms with Crippen LogP contribution in [0.3, 0.4) is 0 Å². The lowest BCUT2D eigenvalue weighted by Crippen LogP contribution is -2.29. The highest BCUT2D eigenvalue weighted by atomic mass is 32.2. The van der Waals surface area contributed by atoms with E-state index in [9.17, 15) is 18.0 Å². The van der Waals surface area contributed by atoms with Crippen LogP contribution in [0, 0.1) is 0 Å². The van der Waals surface area contributed by atoms with Crippen molar-refractivity contribution in [3.05, 3.63) is 131 Å². The number of carbonyl (C=O) groups excluding carboxylic acids is 2. The Kier molecular flexibility index (Phi) is 8.23. The van der Waals surface area contributed by atoms with E-state index in [0.717, 1.165) is 17.4 Å². The van der Waals surface area contributed by atoms with Gasteiger partial charge in [-0.2, -0.15) is 0 Å². The van der Waals surface area contributed by atoms with Crippen molar-refractivity contribution in [2.45, 2.75) is 19.5 Å². The number of para-hydroxylation sites is 1. The maximum Gasteiger partial charge on any atom is 0.255 e. The van der Waals surface area contributed by atoms with Crippen LogP contribution in [0.5, 0.6) is 0 Å². The maximum atomic E-state index is 13.0. The van der Waals surface area contributed by atoms with Gasteiger partial charge in [-0.05, 0) is 54.4 Å². The van der Waals surface area contributed by atoms with E-state index < -0.39 is 15.9 Å². The van der Waals surface area contributed by atoms with Crippen molar-refractivity contribution in [2.75, 3.05) is 15.9 Å². The van der Waals surface area contributed by atoms with Gasteiger partial charge in [0.05, 0.1) is 35.8 Å². The van der Waals surface area contributed by atoms with Crippen molar-refractivity contribution in [1.29, 1.82) is 0 Å². The normalized spacial score (nSPS) is 11.8. The number of carbonyl (C=O) groups is 2. The summed E-state index contributed by atoms with van der Waals surface area (Å²) in [7, 11) is -3.55. The zero-order chi connectivity index (χ0) is 27.1. The summed E-state index contributed by atoms with van der Waals surface area (Å²) in [4.78, 5) is 26.0. The van der Waals surface area contributed by atoms with E-state index in [4.69, 9.17) is 0 Å². The van der Waals surface area contributed by atoms with Gasteiger partial charge in [-0.25, -0.2) is 8.42 Å². The third-order valence-corrected chi connectivity index (χ3v) is 7.19. The zero-order valence-corrected chi connectivity index (χ0v) is 22.0. The molecule has 2 amide bonds. The Morgan fingerprint density at radius 3 is 1.97 bits per heavy atom. The topological polar surface area (TPSA) is 95.6 Å². The SMILES string of the molecule is C[C@@H](NC(=O)c1ccccc1NC(=O)c1ccc(N(Cc2ccccc2)S(C)(=O)=O)cc1)c1ccccc1. The molecule has 194 valence electrons. The highest BCUT2D eigenvalue weighted by Crippen LogP contribution is 2.23. The van der Waals surface area contributed by atoms with Crippen LogP contribution in [0.15, 0.2) is 109 Å². The first kappa shape index (κ1) is 26.6. The Bertz CT molecular complexity index is 1510. The lowest BCUT2D eigenvalue weighted by atomic mass is 10.1. The predicted octanol–water partition coefficient (Wildman–Crippen LogP) is 5.40. The Labute approximate surface area is 223 Å². The molecule has 8 heteroatoms. The molecule has 0 aromatic heterocycles. The molecule has 4 aromatic carbocycles. The highest BCUT2D eigenvalue weighted by Gasteiger charge is 2.20. The molecule has 0 bridgehead atoms. The van der Waals surface area contributed by atoms with Crippen LogP contribution in [0.1, 0.15) is 44.8 Å². The molecule has 0 saturated carbocycles.